The molecule has 3 nitrogen and oxygen atoms in total. The van der Waals surface area contributed by atoms with Crippen molar-refractivity contribution in [3.63, 3.8) is 0 Å². The van der Waals surface area contributed by atoms with Gasteiger partial charge in [-0.3, -0.25) is 0 Å². The summed E-state index contributed by atoms with van der Waals surface area (Å²) in [4.78, 5) is 2.20. The van der Waals surface area contributed by atoms with Crippen LogP contribution in [0.3, 0.4) is 0 Å². The van der Waals surface area contributed by atoms with Gasteiger partial charge >= 0.3 is 0 Å². The van der Waals surface area contributed by atoms with E-state index in [-0.39, 0.29) is 0 Å². The van der Waals surface area contributed by atoms with Gasteiger partial charge in [-0.15, -0.1) is 0 Å². The van der Waals surface area contributed by atoms with E-state index >= 15 is 0 Å². The van der Waals surface area contributed by atoms with Crippen molar-refractivity contribution in [2.45, 2.75) is 18.9 Å². The van der Waals surface area contributed by atoms with Crippen molar-refractivity contribution in [1.82, 2.24) is 10.2 Å². The minimum Gasteiger partial charge on any atom is -0.508 e. The molecule has 1 rings (SSSR count). The lowest BCUT2D eigenvalue weighted by atomic mass is 10.0. The van der Waals surface area contributed by atoms with Gasteiger partial charge in [-0.2, -0.15) is 0 Å². The summed E-state index contributed by atoms with van der Waals surface area (Å²) in [5.41, 5.74) is 1.26. The fourth-order valence-corrected chi connectivity index (χ4v) is 1.68. The summed E-state index contributed by atoms with van der Waals surface area (Å²) >= 11 is 0. The van der Waals surface area contributed by atoms with Crippen molar-refractivity contribution >= 4 is 0 Å². The quantitative estimate of drug-likeness (QED) is 0.765. The normalized spacial score (nSPS) is 13.0. The molecule has 0 saturated heterocycles. The summed E-state index contributed by atoms with van der Waals surface area (Å²) in [5.74, 6) is 0.332. The Morgan fingerprint density at radius 3 is 2.38 bits per heavy atom. The highest BCUT2D eigenvalue weighted by atomic mass is 16.3. The summed E-state index contributed by atoms with van der Waals surface area (Å²) < 4.78 is 0. The first-order chi connectivity index (χ1) is 7.61. The van der Waals surface area contributed by atoms with Crippen LogP contribution in [-0.2, 0) is 6.42 Å². The topological polar surface area (TPSA) is 35.5 Å². The second-order valence-corrected chi connectivity index (χ2v) is 4.45. The molecule has 3 heteroatoms. The minimum absolute atomic E-state index is 0.332. The number of hydrogen-bond donors (Lipinski definition) is 2. The van der Waals surface area contributed by atoms with Crippen LogP contribution in [0.2, 0.25) is 0 Å². The lowest BCUT2D eigenvalue weighted by Gasteiger charge is -2.18. The van der Waals surface area contributed by atoms with Crippen LogP contribution in [-0.4, -0.2) is 43.7 Å². The third-order valence-corrected chi connectivity index (χ3v) is 2.75. The lowest BCUT2D eigenvalue weighted by molar-refractivity contribution is 0.364. The summed E-state index contributed by atoms with van der Waals surface area (Å²) in [5, 5.41) is 12.5. The van der Waals surface area contributed by atoms with Crippen molar-refractivity contribution in [2.24, 2.45) is 0 Å². The van der Waals surface area contributed by atoms with E-state index in [4.69, 9.17) is 0 Å². The molecule has 0 aliphatic carbocycles. The van der Waals surface area contributed by atoms with Gasteiger partial charge in [0, 0.05) is 6.04 Å². The SMILES string of the molecule is CNC(CCN(C)C)Cc1ccc(O)cc1. The Kier molecular flexibility index (Phi) is 5.29. The lowest BCUT2D eigenvalue weighted by Crippen LogP contribution is -2.31. The van der Waals surface area contributed by atoms with E-state index < -0.39 is 0 Å². The van der Waals surface area contributed by atoms with E-state index in [1.807, 2.05) is 19.2 Å². The Morgan fingerprint density at radius 2 is 1.88 bits per heavy atom. The number of aromatic hydroxyl groups is 1. The highest BCUT2D eigenvalue weighted by molar-refractivity contribution is 5.26. The maximum atomic E-state index is 9.20. The summed E-state index contributed by atoms with van der Waals surface area (Å²) in [7, 11) is 6.18. The number of hydrogen-bond acceptors (Lipinski definition) is 3. The minimum atomic E-state index is 0.332. The van der Waals surface area contributed by atoms with Gasteiger partial charge in [0.2, 0.25) is 0 Å². The molecule has 0 radical (unpaired) electrons. The van der Waals surface area contributed by atoms with Crippen LogP contribution in [0, 0.1) is 0 Å². The predicted molar refractivity (Wildman–Crippen MR) is 67.8 cm³/mol. The maximum Gasteiger partial charge on any atom is 0.115 e. The van der Waals surface area contributed by atoms with Crippen LogP contribution >= 0.6 is 0 Å². The van der Waals surface area contributed by atoms with Crippen molar-refractivity contribution in [1.29, 1.82) is 0 Å². The molecule has 90 valence electrons. The fraction of sp³-hybridized carbons (Fsp3) is 0.538. The Balaban J connectivity index is 2.46. The number of phenolic OH excluding ortho intramolecular Hbond substituents is 1. The number of benzene rings is 1. The third kappa shape index (κ3) is 4.64. The molecular formula is C13H22N2O. The van der Waals surface area contributed by atoms with Gasteiger partial charge in [0.25, 0.3) is 0 Å². The van der Waals surface area contributed by atoms with Gasteiger partial charge in [0.05, 0.1) is 0 Å². The smallest absolute Gasteiger partial charge is 0.115 e. The average molecular weight is 222 g/mol. The van der Waals surface area contributed by atoms with E-state index in [9.17, 15) is 5.11 Å². The van der Waals surface area contributed by atoms with Gasteiger partial charge in [-0.25, -0.2) is 0 Å². The van der Waals surface area contributed by atoms with E-state index in [0.717, 1.165) is 19.4 Å². The van der Waals surface area contributed by atoms with Gasteiger partial charge in [-0.05, 0) is 58.2 Å². The molecule has 1 atom stereocenters. The predicted octanol–water partition coefficient (Wildman–Crippen LogP) is 1.47. The Labute approximate surface area is 98.1 Å². The van der Waals surface area contributed by atoms with Gasteiger partial charge in [0.1, 0.15) is 5.75 Å². The highest BCUT2D eigenvalue weighted by Crippen LogP contribution is 2.12. The molecule has 1 aromatic carbocycles. The molecule has 1 unspecified atom stereocenters. The zero-order chi connectivity index (χ0) is 12.0. The number of nitrogens with one attached hydrogen (secondary N) is 1. The van der Waals surface area contributed by atoms with Crippen molar-refractivity contribution in [2.75, 3.05) is 27.7 Å². The van der Waals surface area contributed by atoms with Crippen LogP contribution in [0.25, 0.3) is 0 Å². The molecule has 16 heavy (non-hydrogen) atoms. The zero-order valence-corrected chi connectivity index (χ0v) is 10.4. The monoisotopic (exact) mass is 222 g/mol. The molecule has 0 fully saturated rings. The summed E-state index contributed by atoms with van der Waals surface area (Å²) in [6, 6.07) is 7.94. The molecular weight excluding hydrogens is 200 g/mol. The van der Waals surface area contributed by atoms with Crippen LogP contribution in [0.1, 0.15) is 12.0 Å². The molecule has 0 amide bonds. The van der Waals surface area contributed by atoms with Crippen molar-refractivity contribution in [3.8, 4) is 5.75 Å². The molecule has 0 aliphatic heterocycles. The standard InChI is InChI=1S/C13H22N2O/c1-14-12(8-9-15(2)3)10-11-4-6-13(16)7-5-11/h4-7,12,14,16H,8-10H2,1-3H3. The van der Waals surface area contributed by atoms with Crippen molar-refractivity contribution < 1.29 is 5.11 Å². The number of phenols is 1. The van der Waals surface area contributed by atoms with Crippen LogP contribution in [0.5, 0.6) is 5.75 Å². The number of nitrogens with zero attached hydrogens (tertiary/aromatic N) is 1. The largest absolute Gasteiger partial charge is 0.508 e. The molecule has 0 saturated carbocycles. The van der Waals surface area contributed by atoms with E-state index in [2.05, 4.69) is 24.3 Å². The highest BCUT2D eigenvalue weighted by Gasteiger charge is 2.07. The van der Waals surface area contributed by atoms with E-state index in [1.54, 1.807) is 12.1 Å². The number of rotatable bonds is 6. The fourth-order valence-electron chi connectivity index (χ4n) is 1.68. The molecule has 0 bridgehead atoms. The third-order valence-electron chi connectivity index (χ3n) is 2.75. The van der Waals surface area contributed by atoms with E-state index in [0.29, 0.717) is 11.8 Å². The van der Waals surface area contributed by atoms with Crippen LogP contribution < -0.4 is 5.32 Å². The van der Waals surface area contributed by atoms with Crippen molar-refractivity contribution in [3.05, 3.63) is 29.8 Å². The Morgan fingerprint density at radius 1 is 1.25 bits per heavy atom. The molecule has 1 aromatic rings. The van der Waals surface area contributed by atoms with Gasteiger partial charge in [-0.1, -0.05) is 12.1 Å². The van der Waals surface area contributed by atoms with Gasteiger partial charge < -0.3 is 15.3 Å². The van der Waals surface area contributed by atoms with Gasteiger partial charge in [0.15, 0.2) is 0 Å². The summed E-state index contributed by atoms with van der Waals surface area (Å²) in [6.45, 7) is 1.09. The van der Waals surface area contributed by atoms with E-state index in [1.165, 1.54) is 5.56 Å². The molecule has 2 N–H and O–H groups in total. The summed E-state index contributed by atoms with van der Waals surface area (Å²) in [6.07, 6.45) is 2.13. The first-order valence-corrected chi connectivity index (χ1v) is 5.71. The first-order valence-electron chi connectivity index (χ1n) is 5.71. The first kappa shape index (κ1) is 13.0. The van der Waals surface area contributed by atoms with Crippen LogP contribution in [0.4, 0.5) is 0 Å². The second kappa shape index (κ2) is 6.51. The average Bonchev–Trinajstić information content (AvgIpc) is 2.26. The molecule has 0 aromatic heterocycles. The van der Waals surface area contributed by atoms with Crippen LogP contribution in [0.15, 0.2) is 24.3 Å². The number of likely N-dealkylation sites (N-methyl/N-ethyl adjacent to an activating group) is 1. The Bertz CT molecular complexity index is 295. The molecule has 0 aliphatic rings. The molecule has 0 heterocycles. The zero-order valence-electron chi connectivity index (χ0n) is 10.4. The maximum absolute atomic E-state index is 9.20. The molecule has 0 spiro atoms. The second-order valence-electron chi connectivity index (χ2n) is 4.45. The Hall–Kier alpha value is -1.06.